The minimum Gasteiger partial charge on any atom is -0.396 e. The SMILES string of the molecule is CCC(CO)c1cc(C)nc2c1COCN2c1c(C)cc(C)cc1C. The van der Waals surface area contributed by atoms with Gasteiger partial charge in [0.15, 0.2) is 0 Å². The van der Waals surface area contributed by atoms with Gasteiger partial charge in [-0.25, -0.2) is 4.98 Å². The Labute approximate surface area is 150 Å². The molecule has 0 saturated carbocycles. The molecule has 1 atom stereocenters. The summed E-state index contributed by atoms with van der Waals surface area (Å²) in [5.74, 6) is 1.10. The Morgan fingerprint density at radius 1 is 1.16 bits per heavy atom. The van der Waals surface area contributed by atoms with Crippen molar-refractivity contribution in [3.05, 3.63) is 51.7 Å². The predicted octanol–water partition coefficient (Wildman–Crippen LogP) is 4.43. The molecule has 2 aromatic rings. The Bertz CT molecular complexity index is 759. The van der Waals surface area contributed by atoms with E-state index in [0.29, 0.717) is 13.3 Å². The molecule has 0 spiro atoms. The zero-order valence-corrected chi connectivity index (χ0v) is 15.9. The maximum absolute atomic E-state index is 9.80. The van der Waals surface area contributed by atoms with Gasteiger partial charge in [0.05, 0.1) is 12.3 Å². The molecule has 1 N–H and O–H groups in total. The molecule has 4 heteroatoms. The van der Waals surface area contributed by atoms with Gasteiger partial charge in [-0.1, -0.05) is 24.6 Å². The number of aliphatic hydroxyl groups is 1. The predicted molar refractivity (Wildman–Crippen MR) is 102 cm³/mol. The van der Waals surface area contributed by atoms with Crippen molar-refractivity contribution >= 4 is 11.5 Å². The molecule has 1 aliphatic heterocycles. The largest absolute Gasteiger partial charge is 0.396 e. The summed E-state index contributed by atoms with van der Waals surface area (Å²) in [4.78, 5) is 7.04. The molecule has 134 valence electrons. The molecule has 0 radical (unpaired) electrons. The van der Waals surface area contributed by atoms with Crippen LogP contribution in [0.2, 0.25) is 0 Å². The Morgan fingerprint density at radius 2 is 1.84 bits per heavy atom. The van der Waals surface area contributed by atoms with E-state index >= 15 is 0 Å². The Morgan fingerprint density at radius 3 is 2.44 bits per heavy atom. The highest BCUT2D eigenvalue weighted by Gasteiger charge is 2.27. The number of hydrogen-bond donors (Lipinski definition) is 1. The van der Waals surface area contributed by atoms with Gasteiger partial charge in [-0.15, -0.1) is 0 Å². The van der Waals surface area contributed by atoms with Crippen LogP contribution in [-0.2, 0) is 11.3 Å². The smallest absolute Gasteiger partial charge is 0.141 e. The van der Waals surface area contributed by atoms with Crippen molar-refractivity contribution in [3.8, 4) is 0 Å². The van der Waals surface area contributed by atoms with Crippen LogP contribution in [0.5, 0.6) is 0 Å². The average Bonchev–Trinajstić information content (AvgIpc) is 2.55. The minimum atomic E-state index is 0.124. The van der Waals surface area contributed by atoms with Crippen molar-refractivity contribution in [1.29, 1.82) is 0 Å². The molecule has 2 heterocycles. The van der Waals surface area contributed by atoms with Gasteiger partial charge in [0.25, 0.3) is 0 Å². The van der Waals surface area contributed by atoms with Crippen molar-refractivity contribution in [2.45, 2.75) is 53.6 Å². The van der Waals surface area contributed by atoms with E-state index in [9.17, 15) is 5.11 Å². The highest BCUT2D eigenvalue weighted by molar-refractivity contribution is 5.71. The topological polar surface area (TPSA) is 45.6 Å². The Kier molecular flexibility index (Phi) is 5.11. The molecule has 0 fully saturated rings. The van der Waals surface area contributed by atoms with Crippen molar-refractivity contribution < 1.29 is 9.84 Å². The van der Waals surface area contributed by atoms with E-state index < -0.39 is 0 Å². The second-order valence-corrected chi connectivity index (χ2v) is 7.10. The van der Waals surface area contributed by atoms with Crippen LogP contribution in [0.15, 0.2) is 18.2 Å². The number of aliphatic hydroxyl groups excluding tert-OH is 1. The van der Waals surface area contributed by atoms with E-state index in [2.05, 4.69) is 50.8 Å². The number of aryl methyl sites for hydroxylation is 4. The van der Waals surface area contributed by atoms with E-state index in [4.69, 9.17) is 9.72 Å². The third-order valence-electron chi connectivity index (χ3n) is 5.05. The molecule has 1 aliphatic rings. The Balaban J connectivity index is 2.18. The van der Waals surface area contributed by atoms with E-state index in [1.165, 1.54) is 27.9 Å². The quantitative estimate of drug-likeness (QED) is 0.894. The minimum absolute atomic E-state index is 0.124. The molecule has 0 saturated heterocycles. The number of nitrogens with zero attached hydrogens (tertiary/aromatic N) is 2. The van der Waals surface area contributed by atoms with Crippen molar-refractivity contribution in [1.82, 2.24) is 4.98 Å². The normalized spacial score (nSPS) is 15.2. The molecule has 0 aliphatic carbocycles. The fourth-order valence-electron chi connectivity index (χ4n) is 3.96. The lowest BCUT2D eigenvalue weighted by Gasteiger charge is -2.34. The lowest BCUT2D eigenvalue weighted by atomic mass is 9.92. The van der Waals surface area contributed by atoms with Crippen LogP contribution in [0.1, 0.15) is 52.8 Å². The van der Waals surface area contributed by atoms with Gasteiger partial charge in [-0.2, -0.15) is 0 Å². The zero-order chi connectivity index (χ0) is 18.1. The highest BCUT2D eigenvalue weighted by Crippen LogP contribution is 2.39. The first-order chi connectivity index (χ1) is 12.0. The van der Waals surface area contributed by atoms with Gasteiger partial charge in [0.1, 0.15) is 12.5 Å². The fourth-order valence-corrected chi connectivity index (χ4v) is 3.96. The second-order valence-electron chi connectivity index (χ2n) is 7.10. The number of hydrogen-bond acceptors (Lipinski definition) is 4. The van der Waals surface area contributed by atoms with Crippen LogP contribution in [0.25, 0.3) is 0 Å². The molecular weight excluding hydrogens is 312 g/mol. The van der Waals surface area contributed by atoms with Crippen LogP contribution in [-0.4, -0.2) is 23.4 Å². The van der Waals surface area contributed by atoms with E-state index in [1.807, 2.05) is 6.92 Å². The average molecular weight is 340 g/mol. The summed E-state index contributed by atoms with van der Waals surface area (Å²) in [5, 5.41) is 9.80. The maximum Gasteiger partial charge on any atom is 0.141 e. The number of pyridine rings is 1. The lowest BCUT2D eigenvalue weighted by molar-refractivity contribution is 0.114. The molecule has 0 bridgehead atoms. The van der Waals surface area contributed by atoms with E-state index in [-0.39, 0.29) is 12.5 Å². The van der Waals surface area contributed by atoms with Crippen LogP contribution >= 0.6 is 0 Å². The van der Waals surface area contributed by atoms with Crippen molar-refractivity contribution in [2.24, 2.45) is 0 Å². The van der Waals surface area contributed by atoms with Crippen LogP contribution < -0.4 is 4.90 Å². The number of benzene rings is 1. The molecule has 1 unspecified atom stereocenters. The first-order valence-electron chi connectivity index (χ1n) is 9.00. The van der Waals surface area contributed by atoms with Crippen LogP contribution in [0.4, 0.5) is 11.5 Å². The maximum atomic E-state index is 9.80. The van der Waals surface area contributed by atoms with E-state index in [0.717, 1.165) is 23.5 Å². The van der Waals surface area contributed by atoms with Crippen LogP contribution in [0, 0.1) is 27.7 Å². The molecule has 0 amide bonds. The summed E-state index contributed by atoms with van der Waals surface area (Å²) in [6.07, 6.45) is 0.898. The van der Waals surface area contributed by atoms with Crippen molar-refractivity contribution in [3.63, 3.8) is 0 Å². The summed E-state index contributed by atoms with van der Waals surface area (Å²) >= 11 is 0. The molecule has 1 aromatic heterocycles. The molecule has 25 heavy (non-hydrogen) atoms. The molecular formula is C21H28N2O2. The Hall–Kier alpha value is -1.91. The monoisotopic (exact) mass is 340 g/mol. The van der Waals surface area contributed by atoms with Crippen molar-refractivity contribution in [2.75, 3.05) is 18.2 Å². The summed E-state index contributed by atoms with van der Waals surface area (Å²) < 4.78 is 5.93. The van der Waals surface area contributed by atoms with Gasteiger partial charge in [0, 0.05) is 23.8 Å². The first-order valence-corrected chi connectivity index (χ1v) is 9.00. The number of rotatable bonds is 4. The summed E-state index contributed by atoms with van der Waals surface area (Å²) in [6.45, 7) is 11.7. The molecule has 4 nitrogen and oxygen atoms in total. The standard InChI is InChI=1S/C21H28N2O2/c1-6-17(10-24)18-9-16(5)22-21-19(18)11-25-12-23(21)20-14(3)7-13(2)8-15(20)4/h7-9,17,24H,6,10-12H2,1-5H3. The molecule has 1 aromatic carbocycles. The second kappa shape index (κ2) is 7.14. The lowest BCUT2D eigenvalue weighted by Crippen LogP contribution is -2.30. The van der Waals surface area contributed by atoms with Crippen LogP contribution in [0.3, 0.4) is 0 Å². The van der Waals surface area contributed by atoms with Gasteiger partial charge in [-0.05, 0) is 56.9 Å². The summed E-state index contributed by atoms with van der Waals surface area (Å²) in [5.41, 5.74) is 8.15. The number of anilines is 2. The summed E-state index contributed by atoms with van der Waals surface area (Å²) in [6, 6.07) is 6.51. The fraction of sp³-hybridized carbons (Fsp3) is 0.476. The number of fused-ring (bicyclic) bond motifs is 1. The zero-order valence-electron chi connectivity index (χ0n) is 15.9. The number of aromatic nitrogens is 1. The van der Waals surface area contributed by atoms with Gasteiger partial charge in [-0.3, -0.25) is 0 Å². The highest BCUT2D eigenvalue weighted by atomic mass is 16.5. The van der Waals surface area contributed by atoms with Gasteiger partial charge in [0.2, 0.25) is 0 Å². The molecule has 3 rings (SSSR count). The van der Waals surface area contributed by atoms with Gasteiger partial charge < -0.3 is 14.7 Å². The number of ether oxygens (including phenoxy) is 1. The summed E-state index contributed by atoms with van der Waals surface area (Å²) in [7, 11) is 0. The third-order valence-corrected chi connectivity index (χ3v) is 5.05. The first kappa shape index (κ1) is 17.9. The van der Waals surface area contributed by atoms with Gasteiger partial charge >= 0.3 is 0 Å². The third kappa shape index (κ3) is 3.29. The van der Waals surface area contributed by atoms with E-state index in [1.54, 1.807) is 0 Å².